The normalized spacial score (nSPS) is 12.7. The summed E-state index contributed by atoms with van der Waals surface area (Å²) in [6.45, 7) is 6.83. The fourth-order valence-corrected chi connectivity index (χ4v) is 3.55. The summed E-state index contributed by atoms with van der Waals surface area (Å²) in [5.74, 6) is -0.251. The number of halogens is 2. The van der Waals surface area contributed by atoms with Gasteiger partial charge in [0.2, 0.25) is 0 Å². The van der Waals surface area contributed by atoms with E-state index in [1.807, 2.05) is 20.8 Å². The lowest BCUT2D eigenvalue weighted by atomic mass is 10.0. The minimum absolute atomic E-state index is 0.0422. The van der Waals surface area contributed by atoms with Crippen molar-refractivity contribution in [1.29, 1.82) is 0 Å². The third-order valence-electron chi connectivity index (χ3n) is 3.18. The van der Waals surface area contributed by atoms with Crippen LogP contribution in [0.1, 0.15) is 34.1 Å². The Bertz CT molecular complexity index is 577. The number of thiazole rings is 1. The number of rotatable bonds is 5. The molecule has 2 nitrogen and oxygen atoms in total. The van der Waals surface area contributed by atoms with Gasteiger partial charge in [0.15, 0.2) is 0 Å². The standard InChI is InChI=1S/C15H18ClFN2S/c1-4-18-14(15-9(2)19-10(3)20-15)8-11-12(16)6-5-7-13(11)17/h5-7,14,18H,4,8H2,1-3H3. The molecule has 0 radical (unpaired) electrons. The lowest BCUT2D eigenvalue weighted by Crippen LogP contribution is -2.23. The first-order valence-electron chi connectivity index (χ1n) is 6.63. The van der Waals surface area contributed by atoms with Crippen LogP contribution in [0.15, 0.2) is 18.2 Å². The second kappa shape index (κ2) is 6.66. The minimum atomic E-state index is -0.251. The lowest BCUT2D eigenvalue weighted by molar-refractivity contribution is 0.532. The molecule has 0 aliphatic heterocycles. The minimum Gasteiger partial charge on any atom is -0.309 e. The van der Waals surface area contributed by atoms with E-state index in [0.29, 0.717) is 17.0 Å². The van der Waals surface area contributed by atoms with Crippen molar-refractivity contribution in [3.63, 3.8) is 0 Å². The Hall–Kier alpha value is -0.970. The van der Waals surface area contributed by atoms with Crippen molar-refractivity contribution in [3.8, 4) is 0 Å². The molecule has 2 rings (SSSR count). The molecule has 0 saturated heterocycles. The van der Waals surface area contributed by atoms with E-state index in [9.17, 15) is 4.39 Å². The van der Waals surface area contributed by atoms with Crippen molar-refractivity contribution in [1.82, 2.24) is 10.3 Å². The fraction of sp³-hybridized carbons (Fsp3) is 0.400. The fourth-order valence-electron chi connectivity index (χ4n) is 2.31. The first-order valence-corrected chi connectivity index (χ1v) is 7.82. The average Bonchev–Trinajstić information content (AvgIpc) is 2.72. The highest BCUT2D eigenvalue weighted by Gasteiger charge is 2.20. The largest absolute Gasteiger partial charge is 0.309 e. The van der Waals surface area contributed by atoms with Crippen LogP contribution in [0.3, 0.4) is 0 Å². The molecule has 0 spiro atoms. The van der Waals surface area contributed by atoms with Gasteiger partial charge in [0.25, 0.3) is 0 Å². The van der Waals surface area contributed by atoms with Crippen molar-refractivity contribution in [3.05, 3.63) is 50.2 Å². The van der Waals surface area contributed by atoms with E-state index >= 15 is 0 Å². The summed E-state index contributed by atoms with van der Waals surface area (Å²) in [7, 11) is 0. The van der Waals surface area contributed by atoms with E-state index < -0.39 is 0 Å². The number of aryl methyl sites for hydroxylation is 2. The van der Waals surface area contributed by atoms with Crippen molar-refractivity contribution < 1.29 is 4.39 Å². The summed E-state index contributed by atoms with van der Waals surface area (Å²) in [6, 6.07) is 4.86. The van der Waals surface area contributed by atoms with Gasteiger partial charge in [-0.15, -0.1) is 11.3 Å². The summed E-state index contributed by atoms with van der Waals surface area (Å²) in [6.07, 6.45) is 0.530. The average molecular weight is 313 g/mol. The zero-order valence-corrected chi connectivity index (χ0v) is 13.4. The number of likely N-dealkylation sites (N-methyl/N-ethyl adjacent to an activating group) is 1. The molecule has 1 unspecified atom stereocenters. The quantitative estimate of drug-likeness (QED) is 0.882. The summed E-state index contributed by atoms with van der Waals surface area (Å²) >= 11 is 7.78. The molecule has 2 aromatic rings. The van der Waals surface area contributed by atoms with Gasteiger partial charge in [-0.2, -0.15) is 0 Å². The maximum Gasteiger partial charge on any atom is 0.127 e. The number of aromatic nitrogens is 1. The van der Waals surface area contributed by atoms with Crippen LogP contribution in [0.4, 0.5) is 4.39 Å². The monoisotopic (exact) mass is 312 g/mol. The lowest BCUT2D eigenvalue weighted by Gasteiger charge is -2.18. The maximum absolute atomic E-state index is 13.9. The third kappa shape index (κ3) is 3.37. The van der Waals surface area contributed by atoms with E-state index in [2.05, 4.69) is 10.3 Å². The van der Waals surface area contributed by atoms with Crippen LogP contribution in [-0.4, -0.2) is 11.5 Å². The van der Waals surface area contributed by atoms with Gasteiger partial charge in [-0.05, 0) is 38.9 Å². The molecule has 1 atom stereocenters. The number of nitrogens with zero attached hydrogens (tertiary/aromatic N) is 1. The Labute approximate surface area is 128 Å². The smallest absolute Gasteiger partial charge is 0.127 e. The van der Waals surface area contributed by atoms with Crippen molar-refractivity contribution in [2.75, 3.05) is 6.54 Å². The van der Waals surface area contributed by atoms with Crippen LogP contribution in [-0.2, 0) is 6.42 Å². The zero-order chi connectivity index (χ0) is 14.7. The highest BCUT2D eigenvalue weighted by Crippen LogP contribution is 2.30. The molecule has 0 bridgehead atoms. The van der Waals surface area contributed by atoms with Gasteiger partial charge in [-0.1, -0.05) is 24.6 Å². The van der Waals surface area contributed by atoms with Crippen LogP contribution < -0.4 is 5.32 Å². The van der Waals surface area contributed by atoms with Gasteiger partial charge in [0, 0.05) is 21.5 Å². The molecule has 5 heteroatoms. The van der Waals surface area contributed by atoms with Gasteiger partial charge in [0.1, 0.15) is 5.82 Å². The van der Waals surface area contributed by atoms with Gasteiger partial charge in [0.05, 0.1) is 10.7 Å². The number of nitrogens with one attached hydrogen (secondary N) is 1. The van der Waals surface area contributed by atoms with E-state index in [0.717, 1.165) is 22.1 Å². The summed E-state index contributed by atoms with van der Waals surface area (Å²) in [5, 5.41) is 4.91. The van der Waals surface area contributed by atoms with Crippen LogP contribution in [0.2, 0.25) is 5.02 Å². The molecule has 1 aromatic heterocycles. The van der Waals surface area contributed by atoms with E-state index in [-0.39, 0.29) is 11.9 Å². The maximum atomic E-state index is 13.9. The third-order valence-corrected chi connectivity index (χ3v) is 4.72. The molecule has 0 fully saturated rings. The Balaban J connectivity index is 2.33. The van der Waals surface area contributed by atoms with E-state index in [4.69, 9.17) is 11.6 Å². The Morgan fingerprint density at radius 1 is 1.40 bits per heavy atom. The van der Waals surface area contributed by atoms with Gasteiger partial charge in [-0.25, -0.2) is 9.37 Å². The number of hydrogen-bond acceptors (Lipinski definition) is 3. The van der Waals surface area contributed by atoms with Crippen LogP contribution in [0.5, 0.6) is 0 Å². The Morgan fingerprint density at radius 2 is 2.15 bits per heavy atom. The molecule has 1 N–H and O–H groups in total. The van der Waals surface area contributed by atoms with Gasteiger partial charge >= 0.3 is 0 Å². The first kappa shape index (κ1) is 15.4. The van der Waals surface area contributed by atoms with Crippen molar-refractivity contribution >= 4 is 22.9 Å². The second-order valence-electron chi connectivity index (χ2n) is 4.70. The molecule has 108 valence electrons. The van der Waals surface area contributed by atoms with Crippen molar-refractivity contribution in [2.45, 2.75) is 33.2 Å². The Kier molecular flexibility index (Phi) is 5.13. The van der Waals surface area contributed by atoms with Crippen LogP contribution >= 0.6 is 22.9 Å². The predicted molar refractivity (Wildman–Crippen MR) is 83.1 cm³/mol. The second-order valence-corrected chi connectivity index (χ2v) is 6.34. The molecular weight excluding hydrogens is 295 g/mol. The molecule has 20 heavy (non-hydrogen) atoms. The number of hydrogen-bond donors (Lipinski definition) is 1. The zero-order valence-electron chi connectivity index (χ0n) is 11.8. The summed E-state index contributed by atoms with van der Waals surface area (Å²) in [4.78, 5) is 5.61. The van der Waals surface area contributed by atoms with Gasteiger partial charge in [-0.3, -0.25) is 0 Å². The van der Waals surface area contributed by atoms with E-state index in [1.54, 1.807) is 23.5 Å². The molecule has 0 aliphatic carbocycles. The van der Waals surface area contributed by atoms with Crippen LogP contribution in [0, 0.1) is 19.7 Å². The summed E-state index contributed by atoms with van der Waals surface area (Å²) < 4.78 is 13.9. The van der Waals surface area contributed by atoms with E-state index in [1.165, 1.54) is 6.07 Å². The molecule has 1 aromatic carbocycles. The number of benzene rings is 1. The SMILES string of the molecule is CCNC(Cc1c(F)cccc1Cl)c1sc(C)nc1C. The van der Waals surface area contributed by atoms with Crippen LogP contribution in [0.25, 0.3) is 0 Å². The highest BCUT2D eigenvalue weighted by atomic mass is 35.5. The molecule has 1 heterocycles. The molecule has 0 saturated carbocycles. The first-order chi connectivity index (χ1) is 9.52. The highest BCUT2D eigenvalue weighted by molar-refractivity contribution is 7.11. The van der Waals surface area contributed by atoms with Crippen molar-refractivity contribution in [2.24, 2.45) is 0 Å². The molecule has 0 amide bonds. The topological polar surface area (TPSA) is 24.9 Å². The molecule has 0 aliphatic rings. The summed E-state index contributed by atoms with van der Waals surface area (Å²) in [5.41, 5.74) is 1.57. The Morgan fingerprint density at radius 3 is 2.70 bits per heavy atom. The molecular formula is C15H18ClFN2S. The predicted octanol–water partition coefficient (Wildman–Crippen LogP) is 4.45. The van der Waals surface area contributed by atoms with Gasteiger partial charge < -0.3 is 5.32 Å².